The molecule has 84 valence electrons. The molecule has 2 heterocycles. The van der Waals surface area contributed by atoms with Gasteiger partial charge in [-0.1, -0.05) is 0 Å². The third kappa shape index (κ3) is 1.48. The lowest BCUT2D eigenvalue weighted by Gasteiger charge is -2.13. The molecule has 1 aromatic heterocycles. The van der Waals surface area contributed by atoms with Crippen molar-refractivity contribution in [1.29, 1.82) is 0 Å². The molecular weight excluding hydrogens is 208 g/mol. The third-order valence-corrected chi connectivity index (χ3v) is 2.58. The monoisotopic (exact) mass is 220 g/mol. The minimum Gasteiger partial charge on any atom is -0.384 e. The molecule has 0 aliphatic carbocycles. The second kappa shape index (κ2) is 3.48. The van der Waals surface area contributed by atoms with Crippen LogP contribution in [-0.4, -0.2) is 26.5 Å². The molecule has 2 amide bonds. The van der Waals surface area contributed by atoms with Crippen LogP contribution in [0.15, 0.2) is 17.8 Å². The number of anilines is 1. The van der Waals surface area contributed by atoms with Gasteiger partial charge in [-0.25, -0.2) is 0 Å². The van der Waals surface area contributed by atoms with Crippen LogP contribution in [0.5, 0.6) is 0 Å². The van der Waals surface area contributed by atoms with E-state index >= 15 is 0 Å². The number of nitrogens with zero attached hydrogens (tertiary/aromatic N) is 3. The Bertz CT molecular complexity index is 501. The molecule has 0 aromatic carbocycles. The van der Waals surface area contributed by atoms with Crippen LogP contribution in [0.1, 0.15) is 12.5 Å². The summed E-state index contributed by atoms with van der Waals surface area (Å²) >= 11 is 0. The zero-order valence-corrected chi connectivity index (χ0v) is 9.10. The molecule has 1 aliphatic rings. The van der Waals surface area contributed by atoms with Crippen LogP contribution in [-0.2, 0) is 23.2 Å². The quantitative estimate of drug-likeness (QED) is 0.701. The lowest BCUT2D eigenvalue weighted by molar-refractivity contribution is -0.137. The van der Waals surface area contributed by atoms with Gasteiger partial charge in [0.1, 0.15) is 5.82 Å². The number of nitrogens with two attached hydrogens (primary N) is 1. The molecule has 1 aromatic rings. The number of carbonyl (C=O) groups excluding carboxylic acids is 2. The molecule has 0 unspecified atom stereocenters. The molecule has 0 spiro atoms. The Labute approximate surface area is 92.3 Å². The van der Waals surface area contributed by atoms with Gasteiger partial charge in [0.25, 0.3) is 11.8 Å². The summed E-state index contributed by atoms with van der Waals surface area (Å²) in [5, 5.41) is 3.95. The summed E-state index contributed by atoms with van der Waals surface area (Å²) in [6, 6.07) is 0. The average Bonchev–Trinajstić information content (AvgIpc) is 2.66. The number of aryl methyl sites for hydroxylation is 1. The van der Waals surface area contributed by atoms with Gasteiger partial charge in [-0.3, -0.25) is 19.2 Å². The number of aromatic nitrogens is 2. The van der Waals surface area contributed by atoms with E-state index in [-0.39, 0.29) is 18.4 Å². The highest BCUT2D eigenvalue weighted by molar-refractivity contribution is 6.15. The fourth-order valence-electron chi connectivity index (χ4n) is 1.57. The number of hydrogen-bond donors (Lipinski definition) is 1. The first-order valence-corrected chi connectivity index (χ1v) is 4.81. The van der Waals surface area contributed by atoms with Gasteiger partial charge >= 0.3 is 0 Å². The van der Waals surface area contributed by atoms with Crippen LogP contribution in [0.4, 0.5) is 5.82 Å². The summed E-state index contributed by atoms with van der Waals surface area (Å²) in [5.41, 5.74) is 6.87. The highest BCUT2D eigenvalue weighted by atomic mass is 16.2. The molecule has 0 atom stereocenters. The molecule has 16 heavy (non-hydrogen) atoms. The Balaban J connectivity index is 2.21. The van der Waals surface area contributed by atoms with E-state index in [0.717, 1.165) is 4.90 Å². The van der Waals surface area contributed by atoms with Crippen molar-refractivity contribution in [2.24, 2.45) is 7.05 Å². The number of carbonyl (C=O) groups is 2. The highest BCUT2D eigenvalue weighted by Gasteiger charge is 2.29. The van der Waals surface area contributed by atoms with Gasteiger partial charge in [-0.15, -0.1) is 0 Å². The maximum atomic E-state index is 11.6. The molecule has 0 bridgehead atoms. The molecule has 6 nitrogen and oxygen atoms in total. The number of hydrogen-bond acceptors (Lipinski definition) is 4. The Morgan fingerprint density at radius 2 is 2.12 bits per heavy atom. The van der Waals surface area contributed by atoms with E-state index in [0.29, 0.717) is 17.0 Å². The second-order valence-electron chi connectivity index (χ2n) is 3.74. The molecule has 6 heteroatoms. The topological polar surface area (TPSA) is 81.2 Å². The summed E-state index contributed by atoms with van der Waals surface area (Å²) in [5.74, 6) is -0.107. The standard InChI is InChI=1S/C10H12N4O2/c1-6-3-8(15)14(10(6)16)5-7-4-12-13(2)9(7)11/h3-4H,5,11H2,1-2H3. The average molecular weight is 220 g/mol. The SMILES string of the molecule is CC1=CC(=O)N(Cc2cnn(C)c2N)C1=O. The number of nitrogen functional groups attached to an aromatic ring is 1. The summed E-state index contributed by atoms with van der Waals surface area (Å²) < 4.78 is 1.50. The largest absolute Gasteiger partial charge is 0.384 e. The van der Waals surface area contributed by atoms with Crippen LogP contribution in [0.3, 0.4) is 0 Å². The normalized spacial score (nSPS) is 15.9. The van der Waals surface area contributed by atoms with E-state index in [1.807, 2.05) is 0 Å². The van der Waals surface area contributed by atoms with Gasteiger partial charge in [0.2, 0.25) is 0 Å². The van der Waals surface area contributed by atoms with Gasteiger partial charge in [0.15, 0.2) is 0 Å². The summed E-state index contributed by atoms with van der Waals surface area (Å²) in [4.78, 5) is 24.2. The molecule has 0 saturated carbocycles. The van der Waals surface area contributed by atoms with E-state index < -0.39 is 0 Å². The number of amides is 2. The molecular formula is C10H12N4O2. The van der Waals surface area contributed by atoms with E-state index in [1.165, 1.54) is 10.8 Å². The van der Waals surface area contributed by atoms with Gasteiger partial charge in [0, 0.05) is 24.3 Å². The molecule has 0 saturated heterocycles. The molecule has 2 N–H and O–H groups in total. The van der Waals surface area contributed by atoms with Crippen LogP contribution < -0.4 is 5.73 Å². The molecule has 0 radical (unpaired) electrons. The number of imide groups is 1. The molecule has 0 fully saturated rings. The Kier molecular flexibility index (Phi) is 2.26. The summed E-state index contributed by atoms with van der Waals surface area (Å²) in [6.45, 7) is 1.79. The molecule has 1 aliphatic heterocycles. The number of rotatable bonds is 2. The first-order chi connectivity index (χ1) is 7.50. The van der Waals surface area contributed by atoms with E-state index in [4.69, 9.17) is 5.73 Å². The Morgan fingerprint density at radius 1 is 1.44 bits per heavy atom. The van der Waals surface area contributed by atoms with Gasteiger partial charge in [-0.2, -0.15) is 5.10 Å². The first-order valence-electron chi connectivity index (χ1n) is 4.81. The Morgan fingerprint density at radius 3 is 2.56 bits per heavy atom. The van der Waals surface area contributed by atoms with Gasteiger partial charge < -0.3 is 5.73 Å². The van der Waals surface area contributed by atoms with Crippen molar-refractivity contribution < 1.29 is 9.59 Å². The molecule has 2 rings (SSSR count). The van der Waals surface area contributed by atoms with Crippen molar-refractivity contribution in [3.8, 4) is 0 Å². The van der Waals surface area contributed by atoms with Crippen LogP contribution in [0.25, 0.3) is 0 Å². The zero-order chi connectivity index (χ0) is 11.9. The predicted molar refractivity (Wildman–Crippen MR) is 56.9 cm³/mol. The lowest BCUT2D eigenvalue weighted by atomic mass is 10.3. The smallest absolute Gasteiger partial charge is 0.256 e. The maximum absolute atomic E-state index is 11.6. The van der Waals surface area contributed by atoms with E-state index in [1.54, 1.807) is 20.2 Å². The second-order valence-corrected chi connectivity index (χ2v) is 3.74. The van der Waals surface area contributed by atoms with Crippen molar-refractivity contribution in [2.75, 3.05) is 5.73 Å². The lowest BCUT2D eigenvalue weighted by Crippen LogP contribution is -2.30. The first kappa shape index (κ1) is 10.4. The fourth-order valence-corrected chi connectivity index (χ4v) is 1.57. The van der Waals surface area contributed by atoms with E-state index in [2.05, 4.69) is 5.10 Å². The van der Waals surface area contributed by atoms with Crippen molar-refractivity contribution in [2.45, 2.75) is 13.5 Å². The minimum atomic E-state index is -0.300. The van der Waals surface area contributed by atoms with Crippen molar-refractivity contribution in [3.63, 3.8) is 0 Å². The zero-order valence-electron chi connectivity index (χ0n) is 9.10. The van der Waals surface area contributed by atoms with Crippen molar-refractivity contribution in [1.82, 2.24) is 14.7 Å². The van der Waals surface area contributed by atoms with Crippen LogP contribution in [0.2, 0.25) is 0 Å². The minimum absolute atomic E-state index is 0.172. The van der Waals surface area contributed by atoms with Crippen LogP contribution >= 0.6 is 0 Å². The highest BCUT2D eigenvalue weighted by Crippen LogP contribution is 2.18. The fraction of sp³-hybridized carbons (Fsp3) is 0.300. The van der Waals surface area contributed by atoms with Crippen molar-refractivity contribution >= 4 is 17.6 Å². The third-order valence-electron chi connectivity index (χ3n) is 2.58. The van der Waals surface area contributed by atoms with Crippen molar-refractivity contribution in [3.05, 3.63) is 23.4 Å². The maximum Gasteiger partial charge on any atom is 0.256 e. The predicted octanol–water partition coefficient (Wildman–Crippen LogP) is -0.183. The summed E-state index contributed by atoms with van der Waals surface area (Å²) in [7, 11) is 1.70. The van der Waals surface area contributed by atoms with E-state index in [9.17, 15) is 9.59 Å². The Hall–Kier alpha value is -2.11. The van der Waals surface area contributed by atoms with Gasteiger partial charge in [-0.05, 0) is 6.92 Å². The van der Waals surface area contributed by atoms with Gasteiger partial charge in [0.05, 0.1) is 12.7 Å². The van der Waals surface area contributed by atoms with Crippen LogP contribution in [0, 0.1) is 0 Å². The summed E-state index contributed by atoms with van der Waals surface area (Å²) in [6.07, 6.45) is 2.89.